The minimum atomic E-state index is -4.59. The third-order valence-electron chi connectivity index (χ3n) is 5.17. The van der Waals surface area contributed by atoms with Gasteiger partial charge in [0.15, 0.2) is 5.82 Å². The number of aryl methyl sites for hydroxylation is 2. The van der Waals surface area contributed by atoms with Gasteiger partial charge in [0.25, 0.3) is 0 Å². The zero-order chi connectivity index (χ0) is 19.9. The third kappa shape index (κ3) is 3.58. The average molecular weight is 412 g/mol. The lowest BCUT2D eigenvalue weighted by molar-refractivity contribution is -0.137. The van der Waals surface area contributed by atoms with Crippen LogP contribution in [0.5, 0.6) is 0 Å². The molecule has 2 aromatic rings. The molecule has 2 heterocycles. The number of hydrogen-bond donors (Lipinski definition) is 0. The molecule has 0 N–H and O–H groups in total. The second-order valence-corrected chi connectivity index (χ2v) is 8.88. The summed E-state index contributed by atoms with van der Waals surface area (Å²) in [4.78, 5) is 1.62. The fraction of sp³-hybridized carbons (Fsp3) is 0.444. The van der Waals surface area contributed by atoms with E-state index < -0.39 is 21.8 Å². The minimum absolute atomic E-state index is 0.178. The molecule has 0 bridgehead atoms. The van der Waals surface area contributed by atoms with E-state index in [1.54, 1.807) is 0 Å². The lowest BCUT2D eigenvalue weighted by Crippen LogP contribution is -2.49. The first kappa shape index (κ1) is 19.1. The van der Waals surface area contributed by atoms with Crippen LogP contribution in [0.3, 0.4) is 0 Å². The van der Waals surface area contributed by atoms with Crippen LogP contribution in [-0.2, 0) is 29.0 Å². The number of alkyl halides is 3. The molecule has 0 unspecified atom stereocenters. The Morgan fingerprint density at radius 1 is 0.964 bits per heavy atom. The molecule has 2 aliphatic rings. The highest BCUT2D eigenvalue weighted by Gasteiger charge is 2.34. The Balaban J connectivity index is 1.49. The van der Waals surface area contributed by atoms with Gasteiger partial charge >= 0.3 is 6.18 Å². The Kier molecular flexibility index (Phi) is 4.78. The molecule has 0 spiro atoms. The first-order valence-electron chi connectivity index (χ1n) is 9.03. The number of rotatable bonds is 3. The maximum Gasteiger partial charge on any atom is 0.416 e. The fourth-order valence-electron chi connectivity index (χ4n) is 3.61. The lowest BCUT2D eigenvalue weighted by Gasteiger charge is -2.34. The van der Waals surface area contributed by atoms with E-state index in [2.05, 4.69) is 10.2 Å². The summed E-state index contributed by atoms with van der Waals surface area (Å²) < 4.78 is 65.5. The molecule has 10 heteroatoms. The second-order valence-electron chi connectivity index (χ2n) is 6.94. The van der Waals surface area contributed by atoms with Crippen LogP contribution in [0.15, 0.2) is 35.2 Å². The molecule has 1 aromatic carbocycles. The maximum absolute atomic E-state index is 12.9. The molecule has 0 atom stereocenters. The van der Waals surface area contributed by atoms with E-state index in [0.717, 1.165) is 42.9 Å². The molecule has 28 heavy (non-hydrogen) atoms. The van der Waals surface area contributed by atoms with Gasteiger partial charge in [-0.25, -0.2) is 8.42 Å². The van der Waals surface area contributed by atoms with Crippen LogP contribution in [0, 0.1) is 0 Å². The summed E-state index contributed by atoms with van der Waals surface area (Å²) >= 11 is 0. The summed E-state index contributed by atoms with van der Waals surface area (Å²) in [6, 6.07) is 5.87. The van der Waals surface area contributed by atoms with Gasteiger partial charge in [-0.3, -0.25) is 0 Å². The Morgan fingerprint density at radius 2 is 1.71 bits per heavy atom. The molecule has 6 nitrogen and oxygen atoms in total. The summed E-state index contributed by atoms with van der Waals surface area (Å²) in [7, 11) is -3.99. The van der Waals surface area contributed by atoms with Crippen molar-refractivity contribution in [2.45, 2.75) is 30.3 Å². The van der Waals surface area contributed by atoms with Crippen LogP contribution in [0.2, 0.25) is 0 Å². The molecule has 0 saturated carbocycles. The van der Waals surface area contributed by atoms with Gasteiger partial charge in [-0.2, -0.15) is 22.6 Å². The molecule has 1 aromatic heterocycles. The Morgan fingerprint density at radius 3 is 2.43 bits per heavy atom. The van der Waals surface area contributed by atoms with Crippen molar-refractivity contribution in [1.29, 1.82) is 0 Å². The van der Waals surface area contributed by atoms with E-state index in [1.807, 2.05) is 11.0 Å². The number of sulfonamides is 1. The van der Waals surface area contributed by atoms with E-state index in [1.165, 1.54) is 15.9 Å². The smallest absolute Gasteiger partial charge is 0.352 e. The van der Waals surface area contributed by atoms with E-state index >= 15 is 0 Å². The van der Waals surface area contributed by atoms with Gasteiger partial charge < -0.3 is 4.90 Å². The number of fused-ring (bicyclic) bond motifs is 1. The molecule has 4 rings (SSSR count). The van der Waals surface area contributed by atoms with E-state index in [9.17, 15) is 21.6 Å². The van der Waals surface area contributed by atoms with Crippen LogP contribution >= 0.6 is 0 Å². The second kappa shape index (κ2) is 7.00. The molecule has 0 amide bonds. The standard InChI is InChI=1S/C18H19F3N4O2S/c19-18(20,21)14-4-2-5-15(12-14)28(26,27)25-9-7-24(8-10-25)17-11-13-3-1-6-16(13)22-23-17/h2,4-5,11-12H,1,3,6-10H2. The van der Waals surface area contributed by atoms with Crippen LogP contribution < -0.4 is 4.90 Å². The first-order valence-corrected chi connectivity index (χ1v) is 10.5. The molecule has 1 aliphatic heterocycles. The summed E-state index contributed by atoms with van der Waals surface area (Å²) in [5, 5.41) is 8.49. The van der Waals surface area contributed by atoms with Gasteiger partial charge in [0.2, 0.25) is 10.0 Å². The fourth-order valence-corrected chi connectivity index (χ4v) is 5.08. The predicted molar refractivity (Wildman–Crippen MR) is 96.5 cm³/mol. The zero-order valence-corrected chi connectivity index (χ0v) is 15.8. The molecule has 1 saturated heterocycles. The number of anilines is 1. The van der Waals surface area contributed by atoms with E-state index in [0.29, 0.717) is 19.2 Å². The highest BCUT2D eigenvalue weighted by molar-refractivity contribution is 7.89. The Labute approximate surface area is 161 Å². The summed E-state index contributed by atoms with van der Waals surface area (Å²) in [6.07, 6.45) is -1.61. The van der Waals surface area contributed by atoms with Gasteiger partial charge in [0, 0.05) is 26.2 Å². The van der Waals surface area contributed by atoms with Crippen LogP contribution in [0.25, 0.3) is 0 Å². The van der Waals surface area contributed by atoms with Crippen LogP contribution in [0.1, 0.15) is 23.2 Å². The number of halogens is 3. The van der Waals surface area contributed by atoms with Gasteiger partial charge in [0.1, 0.15) is 0 Å². The Bertz CT molecular complexity index is 987. The highest BCUT2D eigenvalue weighted by atomic mass is 32.2. The van der Waals surface area contributed by atoms with Gasteiger partial charge in [0.05, 0.1) is 16.2 Å². The molecule has 150 valence electrons. The van der Waals surface area contributed by atoms with Crippen molar-refractivity contribution in [2.75, 3.05) is 31.1 Å². The number of benzene rings is 1. The van der Waals surface area contributed by atoms with Gasteiger partial charge in [-0.05, 0) is 49.1 Å². The molecular formula is C18H19F3N4O2S. The van der Waals surface area contributed by atoms with Crippen LogP contribution in [-0.4, -0.2) is 49.1 Å². The topological polar surface area (TPSA) is 66.4 Å². The zero-order valence-electron chi connectivity index (χ0n) is 15.0. The van der Waals surface area contributed by atoms with Crippen molar-refractivity contribution < 1.29 is 21.6 Å². The Hall–Kier alpha value is -2.20. The van der Waals surface area contributed by atoms with Gasteiger partial charge in [-0.15, -0.1) is 5.10 Å². The van der Waals surface area contributed by atoms with Crippen molar-refractivity contribution in [1.82, 2.24) is 14.5 Å². The number of hydrogen-bond acceptors (Lipinski definition) is 5. The number of piperazine rings is 1. The SMILES string of the molecule is O=S(=O)(c1cccc(C(F)(F)F)c1)N1CCN(c2cc3c(nn2)CCC3)CC1. The van der Waals surface area contributed by atoms with Crippen LogP contribution in [0.4, 0.5) is 19.0 Å². The molecule has 1 fully saturated rings. The largest absolute Gasteiger partial charge is 0.416 e. The van der Waals surface area contributed by atoms with Crippen molar-refractivity contribution in [3.8, 4) is 0 Å². The van der Waals surface area contributed by atoms with Crippen molar-refractivity contribution in [2.24, 2.45) is 0 Å². The van der Waals surface area contributed by atoms with E-state index in [4.69, 9.17) is 0 Å². The molecular weight excluding hydrogens is 393 g/mol. The van der Waals surface area contributed by atoms with Crippen molar-refractivity contribution in [3.05, 3.63) is 47.2 Å². The average Bonchev–Trinajstić information content (AvgIpc) is 3.15. The normalized spacial score (nSPS) is 18.3. The predicted octanol–water partition coefficient (Wildman–Crippen LogP) is 2.50. The molecule has 0 radical (unpaired) electrons. The van der Waals surface area contributed by atoms with Crippen molar-refractivity contribution in [3.63, 3.8) is 0 Å². The minimum Gasteiger partial charge on any atom is -0.352 e. The van der Waals surface area contributed by atoms with E-state index in [-0.39, 0.29) is 18.0 Å². The summed E-state index contributed by atoms with van der Waals surface area (Å²) in [5.41, 5.74) is 1.24. The van der Waals surface area contributed by atoms with Gasteiger partial charge in [-0.1, -0.05) is 6.07 Å². The summed E-state index contributed by atoms with van der Waals surface area (Å²) in [5.74, 6) is 0.719. The lowest BCUT2D eigenvalue weighted by atomic mass is 10.2. The number of nitrogens with zero attached hydrogens (tertiary/aromatic N) is 4. The monoisotopic (exact) mass is 412 g/mol. The van der Waals surface area contributed by atoms with Crippen molar-refractivity contribution >= 4 is 15.8 Å². The quantitative estimate of drug-likeness (QED) is 0.775. The first-order chi connectivity index (χ1) is 13.2. The summed E-state index contributed by atoms with van der Waals surface area (Å²) in [6.45, 7) is 1.17. The maximum atomic E-state index is 12.9. The third-order valence-corrected chi connectivity index (χ3v) is 7.06. The highest BCUT2D eigenvalue weighted by Crippen LogP contribution is 2.31. The molecule has 1 aliphatic carbocycles. The number of aromatic nitrogens is 2.